The third kappa shape index (κ3) is 4.86. The summed E-state index contributed by atoms with van der Waals surface area (Å²) >= 11 is 1.56. The molecule has 1 amide bonds. The molecule has 3 aromatic heterocycles. The number of hydrogen-bond donors (Lipinski definition) is 1. The molecule has 0 saturated carbocycles. The van der Waals surface area contributed by atoms with Crippen LogP contribution in [0, 0.1) is 6.92 Å². The molecule has 0 atom stereocenters. The summed E-state index contributed by atoms with van der Waals surface area (Å²) in [5.74, 6) is 1.09. The molecule has 0 aliphatic heterocycles. The Bertz CT molecular complexity index is 1130. The monoisotopic (exact) mass is 401 g/mol. The normalized spacial score (nSPS) is 11.1. The molecule has 0 bridgehead atoms. The van der Waals surface area contributed by atoms with Crippen molar-refractivity contribution in [1.29, 1.82) is 0 Å². The van der Waals surface area contributed by atoms with Crippen molar-refractivity contribution >= 4 is 35.1 Å². The quantitative estimate of drug-likeness (QED) is 0.466. The number of rotatable bonds is 6. The molecule has 4 aromatic rings. The average molecular weight is 401 g/mol. The van der Waals surface area contributed by atoms with E-state index in [1.54, 1.807) is 17.5 Å². The Balaban J connectivity index is 1.42. The van der Waals surface area contributed by atoms with Crippen molar-refractivity contribution in [2.24, 2.45) is 0 Å². The Labute approximate surface area is 172 Å². The summed E-state index contributed by atoms with van der Waals surface area (Å²) < 4.78 is 5.71. The molecule has 4 rings (SSSR count). The van der Waals surface area contributed by atoms with E-state index in [-0.39, 0.29) is 12.3 Å². The van der Waals surface area contributed by atoms with E-state index in [4.69, 9.17) is 4.42 Å². The first-order valence-electron chi connectivity index (χ1n) is 9.16. The zero-order valence-electron chi connectivity index (χ0n) is 15.8. The van der Waals surface area contributed by atoms with Gasteiger partial charge in [-0.3, -0.25) is 9.78 Å². The van der Waals surface area contributed by atoms with Gasteiger partial charge in [-0.2, -0.15) is 0 Å². The third-order valence-electron chi connectivity index (χ3n) is 4.26. The third-order valence-corrected chi connectivity index (χ3v) is 5.12. The molecule has 1 N–H and O–H groups in total. The van der Waals surface area contributed by atoms with Gasteiger partial charge in [-0.15, -0.1) is 11.3 Å². The maximum absolute atomic E-state index is 12.5. The maximum atomic E-state index is 12.5. The summed E-state index contributed by atoms with van der Waals surface area (Å²) in [6, 6.07) is 17.3. The van der Waals surface area contributed by atoms with Gasteiger partial charge in [0.05, 0.1) is 22.7 Å². The van der Waals surface area contributed by atoms with Gasteiger partial charge in [-0.25, -0.2) is 4.98 Å². The number of oxazole rings is 1. The van der Waals surface area contributed by atoms with Crippen molar-refractivity contribution in [1.82, 2.24) is 9.97 Å². The van der Waals surface area contributed by atoms with Crippen molar-refractivity contribution < 1.29 is 9.21 Å². The second-order valence-electron chi connectivity index (χ2n) is 6.44. The lowest BCUT2D eigenvalue weighted by Crippen LogP contribution is -2.15. The minimum Gasteiger partial charge on any atom is -0.440 e. The lowest BCUT2D eigenvalue weighted by molar-refractivity contribution is -0.115. The van der Waals surface area contributed by atoms with Crippen LogP contribution in [0.4, 0.5) is 5.69 Å². The molecule has 1 aromatic carbocycles. The van der Waals surface area contributed by atoms with E-state index < -0.39 is 0 Å². The van der Waals surface area contributed by atoms with Crippen LogP contribution in [0.15, 0.2) is 70.6 Å². The smallest absolute Gasteiger partial charge is 0.236 e. The van der Waals surface area contributed by atoms with Crippen LogP contribution in [0.2, 0.25) is 0 Å². The highest BCUT2D eigenvalue weighted by molar-refractivity contribution is 7.13. The largest absolute Gasteiger partial charge is 0.440 e. The van der Waals surface area contributed by atoms with E-state index in [2.05, 4.69) is 15.3 Å². The number of thiophene rings is 1. The van der Waals surface area contributed by atoms with Gasteiger partial charge < -0.3 is 9.73 Å². The number of nitrogens with zero attached hydrogens (tertiary/aromatic N) is 2. The molecule has 29 heavy (non-hydrogen) atoms. The van der Waals surface area contributed by atoms with Gasteiger partial charge in [-0.05, 0) is 54.3 Å². The topological polar surface area (TPSA) is 68.0 Å². The van der Waals surface area contributed by atoms with Crippen molar-refractivity contribution in [2.75, 3.05) is 5.32 Å². The van der Waals surface area contributed by atoms with Crippen molar-refractivity contribution in [3.63, 3.8) is 0 Å². The fourth-order valence-electron chi connectivity index (χ4n) is 2.83. The molecule has 0 spiro atoms. The van der Waals surface area contributed by atoms with Gasteiger partial charge in [0.2, 0.25) is 11.8 Å². The zero-order valence-corrected chi connectivity index (χ0v) is 16.6. The van der Waals surface area contributed by atoms with Gasteiger partial charge in [0, 0.05) is 11.9 Å². The van der Waals surface area contributed by atoms with Gasteiger partial charge >= 0.3 is 0 Å². The molecule has 0 unspecified atom stereocenters. The Morgan fingerprint density at radius 2 is 2.07 bits per heavy atom. The number of nitrogens with one attached hydrogen (secondary N) is 1. The molecule has 0 saturated heterocycles. The number of hydrogen-bond acceptors (Lipinski definition) is 5. The number of amides is 1. The molecular formula is C23H19N3O2S. The Hall–Kier alpha value is -3.51. The van der Waals surface area contributed by atoms with Crippen LogP contribution in [0.3, 0.4) is 0 Å². The molecular weight excluding hydrogens is 382 g/mol. The number of pyridine rings is 1. The van der Waals surface area contributed by atoms with Gasteiger partial charge in [0.25, 0.3) is 0 Å². The second-order valence-corrected chi connectivity index (χ2v) is 7.39. The molecule has 0 aliphatic rings. The molecule has 0 radical (unpaired) electrons. The minimum atomic E-state index is -0.134. The Morgan fingerprint density at radius 1 is 1.14 bits per heavy atom. The van der Waals surface area contributed by atoms with Crippen LogP contribution in [-0.2, 0) is 11.2 Å². The van der Waals surface area contributed by atoms with Gasteiger partial charge in [0.15, 0.2) is 0 Å². The number of carbonyl (C=O) groups excluding carboxylic acids is 1. The van der Waals surface area contributed by atoms with Crippen LogP contribution < -0.4 is 5.32 Å². The molecule has 3 heterocycles. The van der Waals surface area contributed by atoms with E-state index >= 15 is 0 Å². The first-order valence-corrected chi connectivity index (χ1v) is 10.0. The van der Waals surface area contributed by atoms with Crippen LogP contribution in [0.25, 0.3) is 22.9 Å². The fraction of sp³-hybridized carbons (Fsp3) is 0.0870. The summed E-state index contributed by atoms with van der Waals surface area (Å²) in [5, 5.41) is 4.90. The maximum Gasteiger partial charge on any atom is 0.236 e. The van der Waals surface area contributed by atoms with Gasteiger partial charge in [0.1, 0.15) is 5.76 Å². The number of anilines is 1. The minimum absolute atomic E-state index is 0.134. The molecule has 5 nitrogen and oxygen atoms in total. The standard InChI is InChI=1S/C23H19N3O2S/c1-16-20(26-23(28-16)21-9-5-13-29-21)15-22(27)25-19-8-4-6-17(14-19)10-11-18-7-2-3-12-24-18/h2-14H,15H2,1H3,(H,25,27)/b11-10+. The predicted molar refractivity (Wildman–Crippen MR) is 116 cm³/mol. The highest BCUT2D eigenvalue weighted by atomic mass is 32.1. The first-order chi connectivity index (χ1) is 14.2. The van der Waals surface area contributed by atoms with E-state index in [1.165, 1.54) is 0 Å². The Kier molecular flexibility index (Phi) is 5.63. The first kappa shape index (κ1) is 18.8. The van der Waals surface area contributed by atoms with Crippen molar-refractivity contribution in [3.8, 4) is 10.8 Å². The van der Waals surface area contributed by atoms with Crippen LogP contribution in [-0.4, -0.2) is 15.9 Å². The number of aromatic nitrogens is 2. The average Bonchev–Trinajstić information content (AvgIpc) is 3.38. The summed E-state index contributed by atoms with van der Waals surface area (Å²) in [7, 11) is 0. The Morgan fingerprint density at radius 3 is 2.86 bits per heavy atom. The van der Waals surface area contributed by atoms with Crippen LogP contribution in [0.5, 0.6) is 0 Å². The molecule has 0 fully saturated rings. The highest BCUT2D eigenvalue weighted by Crippen LogP contribution is 2.26. The highest BCUT2D eigenvalue weighted by Gasteiger charge is 2.15. The van der Waals surface area contributed by atoms with E-state index in [0.717, 1.165) is 21.8 Å². The van der Waals surface area contributed by atoms with E-state index in [0.29, 0.717) is 17.3 Å². The number of carbonyl (C=O) groups is 1. The fourth-order valence-corrected chi connectivity index (χ4v) is 3.48. The molecule has 6 heteroatoms. The van der Waals surface area contributed by atoms with E-state index in [1.807, 2.05) is 79.1 Å². The van der Waals surface area contributed by atoms with Crippen LogP contribution in [0.1, 0.15) is 22.7 Å². The molecule has 144 valence electrons. The lowest BCUT2D eigenvalue weighted by Gasteiger charge is -2.05. The van der Waals surface area contributed by atoms with Crippen molar-refractivity contribution in [2.45, 2.75) is 13.3 Å². The lowest BCUT2D eigenvalue weighted by atomic mass is 10.1. The summed E-state index contributed by atoms with van der Waals surface area (Å²) in [6.45, 7) is 1.83. The second kappa shape index (κ2) is 8.67. The summed E-state index contributed by atoms with van der Waals surface area (Å²) in [5.41, 5.74) is 3.24. The van der Waals surface area contributed by atoms with E-state index in [9.17, 15) is 4.79 Å². The zero-order chi connectivity index (χ0) is 20.1. The van der Waals surface area contributed by atoms with Crippen molar-refractivity contribution in [3.05, 3.63) is 88.9 Å². The predicted octanol–water partition coefficient (Wildman–Crippen LogP) is 5.46. The van der Waals surface area contributed by atoms with Gasteiger partial charge in [-0.1, -0.05) is 30.3 Å². The summed E-state index contributed by atoms with van der Waals surface area (Å²) in [6.07, 6.45) is 5.82. The number of aryl methyl sites for hydroxylation is 1. The van der Waals surface area contributed by atoms with Crippen LogP contribution >= 0.6 is 11.3 Å². The SMILES string of the molecule is Cc1oc(-c2cccs2)nc1CC(=O)Nc1cccc(/C=C/c2ccccn2)c1. The number of benzene rings is 1. The molecule has 0 aliphatic carbocycles. The summed E-state index contributed by atoms with van der Waals surface area (Å²) in [4.78, 5) is 22.2.